The lowest BCUT2D eigenvalue weighted by atomic mass is 10.0. The van der Waals surface area contributed by atoms with E-state index in [9.17, 15) is 0 Å². The Balaban J connectivity index is 1.72. The third kappa shape index (κ3) is 5.56. The van der Waals surface area contributed by atoms with Crippen LogP contribution in [0.5, 0.6) is 0 Å². The van der Waals surface area contributed by atoms with Crippen LogP contribution in [-0.4, -0.2) is 12.3 Å². The Kier molecular flexibility index (Phi) is 6.84. The van der Waals surface area contributed by atoms with Gasteiger partial charge in [-0.05, 0) is 36.6 Å². The summed E-state index contributed by atoms with van der Waals surface area (Å²) in [6.45, 7) is 5.49. The fraction of sp³-hybridized carbons (Fsp3) is 0.368. The summed E-state index contributed by atoms with van der Waals surface area (Å²) in [5.41, 5.74) is 2.81. The molecule has 1 atom stereocenters. The summed E-state index contributed by atoms with van der Waals surface area (Å²) in [6, 6.07) is 20.0. The lowest BCUT2D eigenvalue weighted by Crippen LogP contribution is -2.21. The van der Waals surface area contributed by atoms with Crippen LogP contribution in [0.25, 0.3) is 0 Å². The Labute approximate surface area is 133 Å². The molecule has 1 nitrogen and oxygen atoms in total. The first-order chi connectivity index (χ1) is 10.3. The van der Waals surface area contributed by atoms with Crippen LogP contribution in [0.15, 0.2) is 59.5 Å². The first kappa shape index (κ1) is 16.1. The molecule has 0 heterocycles. The topological polar surface area (TPSA) is 12.0 Å². The molecule has 0 spiro atoms. The van der Waals surface area contributed by atoms with E-state index in [1.165, 1.54) is 28.9 Å². The van der Waals surface area contributed by atoms with Gasteiger partial charge in [0, 0.05) is 23.2 Å². The molecule has 0 saturated carbocycles. The summed E-state index contributed by atoms with van der Waals surface area (Å²) in [7, 11) is 0. The molecule has 0 bridgehead atoms. The quantitative estimate of drug-likeness (QED) is 0.539. The van der Waals surface area contributed by atoms with E-state index in [0.29, 0.717) is 6.04 Å². The Morgan fingerprint density at radius 3 is 2.38 bits per heavy atom. The first-order valence-electron chi connectivity index (χ1n) is 7.79. The highest BCUT2D eigenvalue weighted by Crippen LogP contribution is 2.17. The number of benzene rings is 2. The summed E-state index contributed by atoms with van der Waals surface area (Å²) in [6.07, 6.45) is 2.39. The molecule has 0 fully saturated rings. The molecule has 1 unspecified atom stereocenters. The van der Waals surface area contributed by atoms with Crippen molar-refractivity contribution < 1.29 is 0 Å². The van der Waals surface area contributed by atoms with Crippen molar-refractivity contribution in [2.45, 2.75) is 37.6 Å². The van der Waals surface area contributed by atoms with Crippen molar-refractivity contribution in [3.8, 4) is 0 Å². The van der Waals surface area contributed by atoms with Crippen LogP contribution in [0.2, 0.25) is 0 Å². The molecule has 0 amide bonds. The molecule has 0 aliphatic carbocycles. The standard InChI is InChI=1S/C19H25NS/c1-3-7-17-10-12-18(13-11-17)16(2)20-14-15-21-19-8-5-4-6-9-19/h4-6,8-13,16,20H,3,7,14-15H2,1-2H3. The molecular formula is C19H25NS. The normalized spacial score (nSPS) is 12.3. The first-order valence-corrected chi connectivity index (χ1v) is 8.78. The van der Waals surface area contributed by atoms with Gasteiger partial charge < -0.3 is 5.32 Å². The molecule has 21 heavy (non-hydrogen) atoms. The lowest BCUT2D eigenvalue weighted by molar-refractivity contribution is 0.601. The predicted octanol–water partition coefficient (Wildman–Crippen LogP) is 5.08. The van der Waals surface area contributed by atoms with E-state index in [1.807, 2.05) is 11.8 Å². The second kappa shape index (κ2) is 8.91. The molecule has 2 heteroatoms. The minimum Gasteiger partial charge on any atom is -0.309 e. The van der Waals surface area contributed by atoms with Crippen LogP contribution in [0.3, 0.4) is 0 Å². The zero-order chi connectivity index (χ0) is 14.9. The highest BCUT2D eigenvalue weighted by atomic mass is 32.2. The fourth-order valence-corrected chi connectivity index (χ4v) is 3.15. The van der Waals surface area contributed by atoms with Crippen molar-refractivity contribution in [1.82, 2.24) is 5.32 Å². The maximum absolute atomic E-state index is 3.60. The molecule has 2 rings (SSSR count). The largest absolute Gasteiger partial charge is 0.309 e. The molecule has 2 aromatic carbocycles. The molecule has 112 valence electrons. The SMILES string of the molecule is CCCc1ccc(C(C)NCCSc2ccccc2)cc1. The number of rotatable bonds is 8. The number of hydrogen-bond acceptors (Lipinski definition) is 2. The number of hydrogen-bond donors (Lipinski definition) is 1. The van der Waals surface area contributed by atoms with Gasteiger partial charge in [-0.1, -0.05) is 55.8 Å². The van der Waals surface area contributed by atoms with Crippen molar-refractivity contribution in [2.75, 3.05) is 12.3 Å². The third-order valence-corrected chi connectivity index (χ3v) is 4.60. The van der Waals surface area contributed by atoms with Crippen molar-refractivity contribution >= 4 is 11.8 Å². The maximum Gasteiger partial charge on any atom is 0.0292 e. The van der Waals surface area contributed by atoms with Crippen LogP contribution in [0.4, 0.5) is 0 Å². The molecule has 0 aromatic heterocycles. The van der Waals surface area contributed by atoms with E-state index in [4.69, 9.17) is 0 Å². The zero-order valence-electron chi connectivity index (χ0n) is 13.0. The van der Waals surface area contributed by atoms with Crippen LogP contribution in [0.1, 0.15) is 37.4 Å². The summed E-state index contributed by atoms with van der Waals surface area (Å²) in [5.74, 6) is 1.10. The zero-order valence-corrected chi connectivity index (χ0v) is 13.8. The van der Waals surface area contributed by atoms with Crippen LogP contribution in [0, 0.1) is 0 Å². The molecule has 1 N–H and O–H groups in total. The minimum atomic E-state index is 0.414. The van der Waals surface area contributed by atoms with Gasteiger partial charge in [-0.2, -0.15) is 0 Å². The monoisotopic (exact) mass is 299 g/mol. The van der Waals surface area contributed by atoms with Crippen LogP contribution >= 0.6 is 11.8 Å². The summed E-state index contributed by atoms with van der Waals surface area (Å²) < 4.78 is 0. The highest BCUT2D eigenvalue weighted by molar-refractivity contribution is 7.99. The van der Waals surface area contributed by atoms with Crippen molar-refractivity contribution in [1.29, 1.82) is 0 Å². The van der Waals surface area contributed by atoms with Crippen LogP contribution in [-0.2, 0) is 6.42 Å². The van der Waals surface area contributed by atoms with E-state index in [-0.39, 0.29) is 0 Å². The Morgan fingerprint density at radius 2 is 1.71 bits per heavy atom. The number of nitrogens with one attached hydrogen (secondary N) is 1. The second-order valence-electron chi connectivity index (χ2n) is 5.33. The molecule has 0 aliphatic rings. The summed E-state index contributed by atoms with van der Waals surface area (Å²) >= 11 is 1.90. The van der Waals surface area contributed by atoms with E-state index in [0.717, 1.165) is 12.3 Å². The second-order valence-corrected chi connectivity index (χ2v) is 6.50. The average Bonchev–Trinajstić information content (AvgIpc) is 2.53. The molecule has 0 saturated heterocycles. The van der Waals surface area contributed by atoms with Crippen molar-refractivity contribution in [3.63, 3.8) is 0 Å². The van der Waals surface area contributed by atoms with Crippen molar-refractivity contribution in [3.05, 3.63) is 65.7 Å². The minimum absolute atomic E-state index is 0.414. The molecule has 2 aromatic rings. The fourth-order valence-electron chi connectivity index (χ4n) is 2.34. The molecule has 0 aliphatic heterocycles. The van der Waals surface area contributed by atoms with Gasteiger partial charge in [0.05, 0.1) is 0 Å². The van der Waals surface area contributed by atoms with Gasteiger partial charge in [0.1, 0.15) is 0 Å². The smallest absolute Gasteiger partial charge is 0.0292 e. The third-order valence-electron chi connectivity index (χ3n) is 3.58. The van der Waals surface area contributed by atoms with Crippen molar-refractivity contribution in [2.24, 2.45) is 0 Å². The van der Waals surface area contributed by atoms with Gasteiger partial charge in [0.25, 0.3) is 0 Å². The van der Waals surface area contributed by atoms with Gasteiger partial charge in [-0.3, -0.25) is 0 Å². The molecular weight excluding hydrogens is 274 g/mol. The predicted molar refractivity (Wildman–Crippen MR) is 94.0 cm³/mol. The van der Waals surface area contributed by atoms with E-state index in [1.54, 1.807) is 0 Å². The highest BCUT2D eigenvalue weighted by Gasteiger charge is 2.04. The Hall–Kier alpha value is -1.25. The Bertz CT molecular complexity index is 507. The lowest BCUT2D eigenvalue weighted by Gasteiger charge is -2.14. The average molecular weight is 299 g/mol. The maximum atomic E-state index is 3.60. The summed E-state index contributed by atoms with van der Waals surface area (Å²) in [5, 5.41) is 3.60. The Morgan fingerprint density at radius 1 is 1.00 bits per heavy atom. The van der Waals surface area contributed by atoms with E-state index >= 15 is 0 Å². The number of aryl methyl sites for hydroxylation is 1. The van der Waals surface area contributed by atoms with Gasteiger partial charge in [0.2, 0.25) is 0 Å². The van der Waals surface area contributed by atoms with Gasteiger partial charge in [-0.15, -0.1) is 11.8 Å². The van der Waals surface area contributed by atoms with Crippen LogP contribution < -0.4 is 5.32 Å². The number of thioether (sulfide) groups is 1. The molecule has 0 radical (unpaired) electrons. The van der Waals surface area contributed by atoms with E-state index < -0.39 is 0 Å². The summed E-state index contributed by atoms with van der Waals surface area (Å²) in [4.78, 5) is 1.34. The van der Waals surface area contributed by atoms with E-state index in [2.05, 4.69) is 73.8 Å². The van der Waals surface area contributed by atoms with Gasteiger partial charge in [0.15, 0.2) is 0 Å². The van der Waals surface area contributed by atoms with Gasteiger partial charge in [-0.25, -0.2) is 0 Å². The van der Waals surface area contributed by atoms with Gasteiger partial charge >= 0.3 is 0 Å².